The van der Waals surface area contributed by atoms with Gasteiger partial charge >= 0.3 is 5.97 Å². The molecule has 0 bridgehead atoms. The lowest BCUT2D eigenvalue weighted by molar-refractivity contribution is -0.152. The van der Waals surface area contributed by atoms with Crippen molar-refractivity contribution >= 4 is 5.97 Å². The van der Waals surface area contributed by atoms with Crippen molar-refractivity contribution in [1.29, 1.82) is 0 Å². The Kier molecular flexibility index (Phi) is 3.75. The summed E-state index contributed by atoms with van der Waals surface area (Å²) in [4.78, 5) is 12.2. The summed E-state index contributed by atoms with van der Waals surface area (Å²) in [6, 6.07) is 7.34. The largest absolute Gasteiger partial charge is 0.456 e. The zero-order chi connectivity index (χ0) is 14.8. The monoisotopic (exact) mass is 285 g/mol. The molecule has 2 N–H and O–H groups in total. The lowest BCUT2D eigenvalue weighted by Gasteiger charge is -2.26. The average molecular weight is 285 g/mol. The summed E-state index contributed by atoms with van der Waals surface area (Å²) in [5.41, 5.74) is 9.00. The van der Waals surface area contributed by atoms with Gasteiger partial charge in [0.15, 0.2) is 0 Å². The predicted molar refractivity (Wildman–Crippen MR) is 78.3 cm³/mol. The fourth-order valence-electron chi connectivity index (χ4n) is 2.78. The van der Waals surface area contributed by atoms with Gasteiger partial charge in [0.25, 0.3) is 0 Å². The second-order valence-corrected chi connectivity index (χ2v) is 5.44. The van der Waals surface area contributed by atoms with E-state index in [-0.39, 0.29) is 6.10 Å². The van der Waals surface area contributed by atoms with Gasteiger partial charge in [-0.1, -0.05) is 24.3 Å². The van der Waals surface area contributed by atoms with Crippen molar-refractivity contribution in [3.63, 3.8) is 0 Å². The Bertz CT molecular complexity index is 650. The Balaban J connectivity index is 1.74. The van der Waals surface area contributed by atoms with E-state index >= 15 is 0 Å². The van der Waals surface area contributed by atoms with Crippen LogP contribution in [0.4, 0.5) is 0 Å². The Morgan fingerprint density at radius 2 is 2.29 bits per heavy atom. The van der Waals surface area contributed by atoms with Crippen molar-refractivity contribution in [1.82, 2.24) is 9.78 Å². The molecule has 3 rings (SSSR count). The van der Waals surface area contributed by atoms with Gasteiger partial charge in [0, 0.05) is 18.8 Å². The fourth-order valence-corrected chi connectivity index (χ4v) is 2.78. The van der Waals surface area contributed by atoms with Gasteiger partial charge in [-0.3, -0.25) is 4.68 Å². The Hall–Kier alpha value is -2.14. The number of nitrogens with zero attached hydrogens (tertiary/aromatic N) is 2. The van der Waals surface area contributed by atoms with E-state index in [0.717, 1.165) is 24.8 Å². The van der Waals surface area contributed by atoms with Gasteiger partial charge in [-0.15, -0.1) is 0 Å². The number of hydrogen-bond acceptors (Lipinski definition) is 4. The van der Waals surface area contributed by atoms with Gasteiger partial charge in [-0.2, -0.15) is 5.10 Å². The van der Waals surface area contributed by atoms with Crippen LogP contribution in [0, 0.1) is 0 Å². The highest BCUT2D eigenvalue weighted by molar-refractivity contribution is 5.77. The van der Waals surface area contributed by atoms with E-state index < -0.39 is 12.0 Å². The smallest absolute Gasteiger partial charge is 0.328 e. The number of carbonyl (C=O) groups excluding carboxylic acids is 1. The first kappa shape index (κ1) is 13.8. The molecule has 0 amide bonds. The van der Waals surface area contributed by atoms with Crippen molar-refractivity contribution < 1.29 is 9.53 Å². The number of fused-ring (bicyclic) bond motifs is 1. The number of nitrogens with two attached hydrogens (primary N) is 1. The van der Waals surface area contributed by atoms with Crippen molar-refractivity contribution in [3.05, 3.63) is 53.3 Å². The molecule has 2 aromatic rings. The lowest BCUT2D eigenvalue weighted by atomic mass is 9.89. The molecule has 110 valence electrons. The third kappa shape index (κ3) is 2.83. The highest BCUT2D eigenvalue weighted by atomic mass is 16.5. The first-order chi connectivity index (χ1) is 10.1. The second kappa shape index (κ2) is 5.69. The molecule has 0 aliphatic heterocycles. The SMILES string of the molecule is Cn1cc(C(N)C(=O)OC2CCCc3ccccc32)cn1. The van der Waals surface area contributed by atoms with Crippen LogP contribution in [0.25, 0.3) is 0 Å². The van der Waals surface area contributed by atoms with Crippen LogP contribution in [0.5, 0.6) is 0 Å². The topological polar surface area (TPSA) is 70.1 Å². The summed E-state index contributed by atoms with van der Waals surface area (Å²) in [6.45, 7) is 0. The predicted octanol–water partition coefficient (Wildman–Crippen LogP) is 2.04. The van der Waals surface area contributed by atoms with Crippen molar-refractivity contribution in [3.8, 4) is 0 Å². The molecule has 0 saturated heterocycles. The molecule has 1 aliphatic carbocycles. The number of esters is 1. The minimum Gasteiger partial charge on any atom is -0.456 e. The van der Waals surface area contributed by atoms with Crippen LogP contribution in [0.15, 0.2) is 36.7 Å². The van der Waals surface area contributed by atoms with Crippen molar-refractivity contribution in [2.45, 2.75) is 31.4 Å². The first-order valence-corrected chi connectivity index (χ1v) is 7.17. The number of hydrogen-bond donors (Lipinski definition) is 1. The summed E-state index contributed by atoms with van der Waals surface area (Å²) in [7, 11) is 1.79. The number of aromatic nitrogens is 2. The van der Waals surface area contributed by atoms with E-state index in [1.165, 1.54) is 5.56 Å². The summed E-state index contributed by atoms with van der Waals surface area (Å²) in [5.74, 6) is -0.398. The highest BCUT2D eigenvalue weighted by Gasteiger charge is 2.27. The number of benzene rings is 1. The molecule has 0 spiro atoms. The zero-order valence-corrected chi connectivity index (χ0v) is 12.0. The molecule has 1 aromatic heterocycles. The molecule has 21 heavy (non-hydrogen) atoms. The quantitative estimate of drug-likeness (QED) is 0.876. The van der Waals surface area contributed by atoms with Crippen LogP contribution < -0.4 is 5.73 Å². The normalized spacial score (nSPS) is 18.9. The molecule has 5 heteroatoms. The summed E-state index contributed by atoms with van der Waals surface area (Å²) < 4.78 is 7.27. The third-order valence-electron chi connectivity index (χ3n) is 3.91. The van der Waals surface area contributed by atoms with Crippen molar-refractivity contribution in [2.75, 3.05) is 0 Å². The Morgan fingerprint density at radius 1 is 1.48 bits per heavy atom. The molecule has 0 saturated carbocycles. The van der Waals surface area contributed by atoms with Crippen LogP contribution in [0.3, 0.4) is 0 Å². The van der Waals surface area contributed by atoms with E-state index in [1.54, 1.807) is 24.1 Å². The maximum absolute atomic E-state index is 12.2. The molecule has 1 aromatic carbocycles. The van der Waals surface area contributed by atoms with Crippen LogP contribution in [-0.2, 0) is 23.0 Å². The van der Waals surface area contributed by atoms with Crippen molar-refractivity contribution in [2.24, 2.45) is 12.8 Å². The molecule has 5 nitrogen and oxygen atoms in total. The summed E-state index contributed by atoms with van der Waals surface area (Å²) in [5, 5.41) is 4.03. The van der Waals surface area contributed by atoms with E-state index in [0.29, 0.717) is 5.56 Å². The molecule has 0 fully saturated rings. The average Bonchev–Trinajstić information content (AvgIpc) is 2.93. The fraction of sp³-hybridized carbons (Fsp3) is 0.375. The van der Waals surface area contributed by atoms with E-state index in [1.807, 2.05) is 18.2 Å². The summed E-state index contributed by atoms with van der Waals surface area (Å²) >= 11 is 0. The van der Waals surface area contributed by atoms with Crippen LogP contribution >= 0.6 is 0 Å². The maximum atomic E-state index is 12.2. The van der Waals surface area contributed by atoms with Gasteiger partial charge in [-0.05, 0) is 30.4 Å². The number of ether oxygens (including phenoxy) is 1. The standard InChI is InChI=1S/C16H19N3O2/c1-19-10-12(9-18-19)15(17)16(20)21-14-8-4-6-11-5-2-3-7-13(11)14/h2-3,5,7,9-10,14-15H,4,6,8,17H2,1H3. The lowest BCUT2D eigenvalue weighted by Crippen LogP contribution is -2.26. The minimum absolute atomic E-state index is 0.190. The van der Waals surface area contributed by atoms with E-state index in [4.69, 9.17) is 10.5 Å². The van der Waals surface area contributed by atoms with Crippen LogP contribution in [-0.4, -0.2) is 15.7 Å². The highest BCUT2D eigenvalue weighted by Crippen LogP contribution is 2.33. The molecular weight excluding hydrogens is 266 g/mol. The van der Waals surface area contributed by atoms with E-state index in [9.17, 15) is 4.79 Å². The number of aryl methyl sites for hydroxylation is 2. The zero-order valence-electron chi connectivity index (χ0n) is 12.0. The Labute approximate surface area is 123 Å². The molecule has 2 unspecified atom stereocenters. The van der Waals surface area contributed by atoms with Gasteiger partial charge in [0.2, 0.25) is 0 Å². The molecule has 1 heterocycles. The maximum Gasteiger partial charge on any atom is 0.328 e. The second-order valence-electron chi connectivity index (χ2n) is 5.44. The number of rotatable bonds is 3. The van der Waals surface area contributed by atoms with Gasteiger partial charge in [0.1, 0.15) is 12.1 Å². The molecular formula is C16H19N3O2. The van der Waals surface area contributed by atoms with E-state index in [2.05, 4.69) is 11.2 Å². The van der Waals surface area contributed by atoms with Crippen LogP contribution in [0.1, 0.15) is 41.7 Å². The summed E-state index contributed by atoms with van der Waals surface area (Å²) in [6.07, 6.45) is 6.06. The minimum atomic E-state index is -0.784. The number of carbonyl (C=O) groups is 1. The Morgan fingerprint density at radius 3 is 3.05 bits per heavy atom. The molecule has 2 atom stereocenters. The first-order valence-electron chi connectivity index (χ1n) is 7.17. The molecule has 0 radical (unpaired) electrons. The molecule has 1 aliphatic rings. The van der Waals surface area contributed by atoms with Gasteiger partial charge in [0.05, 0.1) is 6.20 Å². The van der Waals surface area contributed by atoms with Gasteiger partial charge in [-0.25, -0.2) is 4.79 Å². The van der Waals surface area contributed by atoms with Crippen LogP contribution in [0.2, 0.25) is 0 Å². The third-order valence-corrected chi connectivity index (χ3v) is 3.91. The van der Waals surface area contributed by atoms with Gasteiger partial charge < -0.3 is 10.5 Å².